The third kappa shape index (κ3) is 4.10. The van der Waals surface area contributed by atoms with Crippen molar-refractivity contribution in [2.45, 2.75) is 19.8 Å². The Labute approximate surface area is 128 Å². The number of rotatable bonds is 5. The van der Waals surface area contributed by atoms with E-state index in [4.69, 9.17) is 0 Å². The molecule has 0 fully saturated rings. The summed E-state index contributed by atoms with van der Waals surface area (Å²) in [7, 11) is 0. The van der Waals surface area contributed by atoms with E-state index in [9.17, 15) is 13.2 Å². The summed E-state index contributed by atoms with van der Waals surface area (Å²) in [6.07, 6.45) is 5.83. The lowest BCUT2D eigenvalue weighted by molar-refractivity contribution is 0.627. The van der Waals surface area contributed by atoms with Crippen molar-refractivity contribution in [2.75, 3.05) is 0 Å². The number of allylic oxidation sites excluding steroid dienone is 2. The van der Waals surface area contributed by atoms with E-state index < -0.39 is 17.5 Å². The summed E-state index contributed by atoms with van der Waals surface area (Å²) < 4.78 is 41.0. The molecule has 0 heterocycles. The van der Waals surface area contributed by atoms with Crippen LogP contribution in [0.2, 0.25) is 0 Å². The maximum Gasteiger partial charge on any atom is 0.166 e. The first-order chi connectivity index (χ1) is 10.6. The second kappa shape index (κ2) is 7.64. The molecule has 0 unspecified atom stereocenters. The van der Waals surface area contributed by atoms with Crippen molar-refractivity contribution >= 4 is 11.7 Å². The normalized spacial score (nSPS) is 12.5. The molecule has 0 saturated heterocycles. The van der Waals surface area contributed by atoms with Gasteiger partial charge in [0.05, 0.1) is 0 Å². The average molecular weight is 302 g/mol. The largest absolute Gasteiger partial charge is 0.207 e. The molecule has 0 aliphatic carbocycles. The molecule has 0 saturated carbocycles. The van der Waals surface area contributed by atoms with E-state index >= 15 is 0 Å². The Hall–Kier alpha value is -2.29. The highest BCUT2D eigenvalue weighted by molar-refractivity contribution is 5.83. The van der Waals surface area contributed by atoms with Gasteiger partial charge in [-0.2, -0.15) is 0 Å². The molecule has 0 atom stereocenters. The van der Waals surface area contributed by atoms with Crippen molar-refractivity contribution < 1.29 is 13.2 Å². The van der Waals surface area contributed by atoms with Crippen molar-refractivity contribution in [3.05, 3.63) is 83.2 Å². The summed E-state index contributed by atoms with van der Waals surface area (Å²) in [5.74, 6) is -2.41. The topological polar surface area (TPSA) is 0 Å². The SMILES string of the molecule is CC/C=C/Cc1ccc(C(F)=C(F)c2ccc(F)cc2)cc1. The Morgan fingerprint density at radius 3 is 1.82 bits per heavy atom. The van der Waals surface area contributed by atoms with Crippen LogP contribution in [0, 0.1) is 5.82 Å². The number of benzene rings is 2. The summed E-state index contributed by atoms with van der Waals surface area (Å²) in [5.41, 5.74) is 1.22. The zero-order chi connectivity index (χ0) is 15.9. The van der Waals surface area contributed by atoms with Crippen molar-refractivity contribution in [3.63, 3.8) is 0 Å². The predicted octanol–water partition coefficient (Wildman–Crippen LogP) is 6.10. The molecule has 2 aromatic rings. The first kappa shape index (κ1) is 16.1. The van der Waals surface area contributed by atoms with Crippen molar-refractivity contribution in [1.29, 1.82) is 0 Å². The second-order valence-corrected chi connectivity index (χ2v) is 4.92. The fourth-order valence-electron chi connectivity index (χ4n) is 2.02. The molecule has 0 aromatic heterocycles. The fourth-order valence-corrected chi connectivity index (χ4v) is 2.02. The molecule has 114 valence electrons. The van der Waals surface area contributed by atoms with Gasteiger partial charge in [0, 0.05) is 11.1 Å². The van der Waals surface area contributed by atoms with Gasteiger partial charge >= 0.3 is 0 Å². The van der Waals surface area contributed by atoms with Gasteiger partial charge in [-0.15, -0.1) is 0 Å². The van der Waals surface area contributed by atoms with E-state index in [-0.39, 0.29) is 11.1 Å². The lowest BCUT2D eigenvalue weighted by atomic mass is 10.1. The van der Waals surface area contributed by atoms with E-state index in [0.29, 0.717) is 0 Å². The van der Waals surface area contributed by atoms with Crippen LogP contribution in [0.5, 0.6) is 0 Å². The van der Waals surface area contributed by atoms with Gasteiger partial charge in [0.25, 0.3) is 0 Å². The van der Waals surface area contributed by atoms with Crippen LogP contribution in [0.1, 0.15) is 30.0 Å². The monoisotopic (exact) mass is 302 g/mol. The van der Waals surface area contributed by atoms with E-state index in [1.807, 2.05) is 6.08 Å². The van der Waals surface area contributed by atoms with Gasteiger partial charge in [0.15, 0.2) is 11.7 Å². The zero-order valence-electron chi connectivity index (χ0n) is 12.3. The Kier molecular flexibility index (Phi) is 5.59. The Balaban J connectivity index is 2.20. The standard InChI is InChI=1S/C19H17F3/c1-2-3-4-5-14-6-8-15(9-7-14)18(21)19(22)16-10-12-17(20)13-11-16/h3-4,6-13H,2,5H2,1H3/b4-3+,19-18?. The third-order valence-corrected chi connectivity index (χ3v) is 3.25. The van der Waals surface area contributed by atoms with Crippen LogP contribution < -0.4 is 0 Å². The van der Waals surface area contributed by atoms with Gasteiger partial charge in [-0.05, 0) is 42.7 Å². The zero-order valence-corrected chi connectivity index (χ0v) is 12.3. The molecule has 0 amide bonds. The minimum atomic E-state index is -0.987. The summed E-state index contributed by atoms with van der Waals surface area (Å²) in [5, 5.41) is 0. The van der Waals surface area contributed by atoms with Crippen LogP contribution in [0.15, 0.2) is 60.7 Å². The Morgan fingerprint density at radius 2 is 1.32 bits per heavy atom. The van der Waals surface area contributed by atoms with Gasteiger partial charge < -0.3 is 0 Å². The molecule has 0 N–H and O–H groups in total. The van der Waals surface area contributed by atoms with Gasteiger partial charge in [-0.1, -0.05) is 43.3 Å². The third-order valence-electron chi connectivity index (χ3n) is 3.25. The van der Waals surface area contributed by atoms with E-state index in [1.165, 1.54) is 12.1 Å². The highest BCUT2D eigenvalue weighted by Crippen LogP contribution is 2.29. The first-order valence-corrected chi connectivity index (χ1v) is 7.17. The molecular weight excluding hydrogens is 285 g/mol. The van der Waals surface area contributed by atoms with Crippen LogP contribution >= 0.6 is 0 Å². The average Bonchev–Trinajstić information content (AvgIpc) is 2.55. The molecular formula is C19H17F3. The minimum Gasteiger partial charge on any atom is -0.207 e. The molecule has 2 aromatic carbocycles. The smallest absolute Gasteiger partial charge is 0.166 e. The van der Waals surface area contributed by atoms with Gasteiger partial charge in [0.2, 0.25) is 0 Å². The molecule has 0 bridgehead atoms. The lowest BCUT2D eigenvalue weighted by Crippen LogP contribution is -1.87. The van der Waals surface area contributed by atoms with E-state index in [1.54, 1.807) is 24.3 Å². The van der Waals surface area contributed by atoms with Crippen LogP contribution in [0.3, 0.4) is 0 Å². The van der Waals surface area contributed by atoms with Crippen LogP contribution in [0.4, 0.5) is 13.2 Å². The summed E-state index contributed by atoms with van der Waals surface area (Å²) >= 11 is 0. The van der Waals surface area contributed by atoms with Crippen molar-refractivity contribution in [3.8, 4) is 0 Å². The highest BCUT2D eigenvalue weighted by atomic mass is 19.2. The first-order valence-electron chi connectivity index (χ1n) is 7.17. The van der Waals surface area contributed by atoms with Crippen molar-refractivity contribution in [1.82, 2.24) is 0 Å². The molecule has 2 rings (SSSR count). The van der Waals surface area contributed by atoms with Crippen molar-refractivity contribution in [2.24, 2.45) is 0 Å². The fraction of sp³-hybridized carbons (Fsp3) is 0.158. The molecule has 0 radical (unpaired) electrons. The molecule has 0 spiro atoms. The molecule has 0 aliphatic heterocycles. The highest BCUT2D eigenvalue weighted by Gasteiger charge is 2.11. The summed E-state index contributed by atoms with van der Waals surface area (Å²) in [6, 6.07) is 11.3. The van der Waals surface area contributed by atoms with E-state index in [2.05, 4.69) is 13.0 Å². The summed E-state index contributed by atoms with van der Waals surface area (Å²) in [6.45, 7) is 2.05. The minimum absolute atomic E-state index is 0.0221. The van der Waals surface area contributed by atoms with E-state index in [0.717, 1.165) is 30.5 Å². The van der Waals surface area contributed by atoms with Gasteiger partial charge in [-0.25, -0.2) is 13.2 Å². The quantitative estimate of drug-likeness (QED) is 0.462. The Bertz CT molecular complexity index is 665. The summed E-state index contributed by atoms with van der Waals surface area (Å²) in [4.78, 5) is 0. The predicted molar refractivity (Wildman–Crippen MR) is 85.0 cm³/mol. The maximum absolute atomic E-state index is 14.2. The number of hydrogen-bond acceptors (Lipinski definition) is 0. The molecule has 22 heavy (non-hydrogen) atoms. The molecule has 3 heteroatoms. The Morgan fingerprint density at radius 1 is 0.818 bits per heavy atom. The van der Waals surface area contributed by atoms with Crippen LogP contribution in [0.25, 0.3) is 11.7 Å². The van der Waals surface area contributed by atoms with Crippen LogP contribution in [-0.4, -0.2) is 0 Å². The van der Waals surface area contributed by atoms with Crippen LogP contribution in [-0.2, 0) is 6.42 Å². The molecule has 0 aliphatic rings. The lowest BCUT2D eigenvalue weighted by Gasteiger charge is -2.04. The maximum atomic E-state index is 14.2. The number of halogens is 3. The van der Waals surface area contributed by atoms with Gasteiger partial charge in [-0.3, -0.25) is 0 Å². The second-order valence-electron chi connectivity index (χ2n) is 4.92. The van der Waals surface area contributed by atoms with Gasteiger partial charge in [0.1, 0.15) is 5.82 Å². The number of hydrogen-bond donors (Lipinski definition) is 0. The molecule has 0 nitrogen and oxygen atoms in total.